The summed E-state index contributed by atoms with van der Waals surface area (Å²) < 4.78 is 37.8. The molecular weight excluding hydrogens is 365 g/mol. The molecule has 2 atom stereocenters. The summed E-state index contributed by atoms with van der Waals surface area (Å²) in [7, 11) is 0. The first-order chi connectivity index (χ1) is 12.7. The van der Waals surface area contributed by atoms with E-state index in [1.807, 2.05) is 4.90 Å². The number of anilines is 1. The SMILES string of the molecule is O=C(N[C@@H]1CN[C@H](C(=O)O)C1)C1CCN(c2ccc(C(F)(F)F)cn2)CC1. The second-order valence-corrected chi connectivity index (χ2v) is 6.90. The Kier molecular flexibility index (Phi) is 5.54. The van der Waals surface area contributed by atoms with Gasteiger partial charge < -0.3 is 20.6 Å². The van der Waals surface area contributed by atoms with Crippen molar-refractivity contribution in [1.29, 1.82) is 0 Å². The van der Waals surface area contributed by atoms with E-state index in [1.165, 1.54) is 6.07 Å². The van der Waals surface area contributed by atoms with Gasteiger partial charge in [-0.3, -0.25) is 9.59 Å². The number of aromatic nitrogens is 1. The number of carbonyl (C=O) groups excluding carboxylic acids is 1. The number of halogens is 3. The van der Waals surface area contributed by atoms with E-state index in [2.05, 4.69) is 15.6 Å². The van der Waals surface area contributed by atoms with Crippen LogP contribution in [0.5, 0.6) is 0 Å². The van der Waals surface area contributed by atoms with Crippen molar-refractivity contribution >= 4 is 17.7 Å². The number of amides is 1. The first-order valence-electron chi connectivity index (χ1n) is 8.79. The monoisotopic (exact) mass is 386 g/mol. The molecule has 0 aromatic carbocycles. The van der Waals surface area contributed by atoms with Crippen LogP contribution in [0.3, 0.4) is 0 Å². The number of pyridine rings is 1. The molecule has 2 saturated heterocycles. The van der Waals surface area contributed by atoms with Crippen LogP contribution in [0.25, 0.3) is 0 Å². The predicted octanol–water partition coefficient (Wildman–Crippen LogP) is 1.25. The summed E-state index contributed by atoms with van der Waals surface area (Å²) in [4.78, 5) is 29.1. The van der Waals surface area contributed by atoms with Gasteiger partial charge in [-0.2, -0.15) is 13.2 Å². The zero-order valence-electron chi connectivity index (χ0n) is 14.5. The van der Waals surface area contributed by atoms with Gasteiger partial charge in [0.15, 0.2) is 0 Å². The first-order valence-corrected chi connectivity index (χ1v) is 8.79. The molecule has 10 heteroatoms. The second kappa shape index (κ2) is 7.71. The Hall–Kier alpha value is -2.36. The van der Waals surface area contributed by atoms with Crippen LogP contribution < -0.4 is 15.5 Å². The van der Waals surface area contributed by atoms with Gasteiger partial charge in [-0.05, 0) is 31.4 Å². The Labute approximate surface area is 153 Å². The average molecular weight is 386 g/mol. The van der Waals surface area contributed by atoms with Crippen LogP contribution in [-0.4, -0.2) is 53.7 Å². The molecule has 1 aromatic rings. The van der Waals surface area contributed by atoms with E-state index < -0.39 is 23.8 Å². The van der Waals surface area contributed by atoms with Crippen LogP contribution in [0.1, 0.15) is 24.8 Å². The highest BCUT2D eigenvalue weighted by Gasteiger charge is 2.33. The third-order valence-corrected chi connectivity index (χ3v) is 5.04. The fourth-order valence-corrected chi connectivity index (χ4v) is 3.46. The molecule has 3 N–H and O–H groups in total. The Morgan fingerprint density at radius 2 is 1.96 bits per heavy atom. The molecular formula is C17H21F3N4O3. The minimum atomic E-state index is -4.41. The molecule has 2 aliphatic heterocycles. The summed E-state index contributed by atoms with van der Waals surface area (Å²) >= 11 is 0. The number of aliphatic carboxylic acids is 1. The normalized spacial score (nSPS) is 24.0. The van der Waals surface area contributed by atoms with E-state index in [0.29, 0.717) is 44.7 Å². The number of carboxylic acid groups (broad SMARTS) is 1. The molecule has 0 bridgehead atoms. The third-order valence-electron chi connectivity index (χ3n) is 5.04. The number of nitrogens with zero attached hydrogens (tertiary/aromatic N) is 2. The highest BCUT2D eigenvalue weighted by Crippen LogP contribution is 2.30. The summed E-state index contributed by atoms with van der Waals surface area (Å²) in [5.74, 6) is -0.761. The van der Waals surface area contributed by atoms with E-state index >= 15 is 0 Å². The van der Waals surface area contributed by atoms with Gasteiger partial charge in [0.1, 0.15) is 11.9 Å². The number of hydrogen-bond donors (Lipinski definition) is 3. The minimum Gasteiger partial charge on any atom is -0.480 e. The van der Waals surface area contributed by atoms with Crippen molar-refractivity contribution in [1.82, 2.24) is 15.6 Å². The molecule has 0 unspecified atom stereocenters. The zero-order chi connectivity index (χ0) is 19.6. The zero-order valence-corrected chi connectivity index (χ0v) is 14.5. The molecule has 148 valence electrons. The van der Waals surface area contributed by atoms with E-state index in [1.54, 1.807) is 0 Å². The molecule has 0 saturated carbocycles. The molecule has 0 aliphatic carbocycles. The standard InChI is InChI=1S/C17H21F3N4O3/c18-17(19,20)11-1-2-14(22-8-11)24-5-3-10(4-6-24)15(25)23-12-7-13(16(26)27)21-9-12/h1-2,8,10,12-13,21H,3-7,9H2,(H,23,25)(H,26,27)/t12-,13-/m0/s1. The lowest BCUT2D eigenvalue weighted by atomic mass is 9.95. The average Bonchev–Trinajstić information content (AvgIpc) is 3.10. The van der Waals surface area contributed by atoms with Gasteiger partial charge in [-0.1, -0.05) is 0 Å². The third kappa shape index (κ3) is 4.68. The number of carboxylic acids is 1. The maximum atomic E-state index is 12.6. The molecule has 3 rings (SSSR count). The summed E-state index contributed by atoms with van der Waals surface area (Å²) in [5, 5.41) is 14.7. The summed E-state index contributed by atoms with van der Waals surface area (Å²) in [6.45, 7) is 1.48. The molecule has 2 fully saturated rings. The quantitative estimate of drug-likeness (QED) is 0.721. The van der Waals surface area contributed by atoms with Gasteiger partial charge in [0.2, 0.25) is 5.91 Å². The van der Waals surface area contributed by atoms with Crippen LogP contribution in [-0.2, 0) is 15.8 Å². The van der Waals surface area contributed by atoms with Crippen molar-refractivity contribution in [2.24, 2.45) is 5.92 Å². The number of rotatable bonds is 4. The number of alkyl halides is 3. The van der Waals surface area contributed by atoms with Crippen molar-refractivity contribution < 1.29 is 27.9 Å². The Bertz CT molecular complexity index is 688. The molecule has 1 amide bonds. The van der Waals surface area contributed by atoms with Crippen LogP contribution in [0, 0.1) is 5.92 Å². The second-order valence-electron chi connectivity index (χ2n) is 6.90. The van der Waals surface area contributed by atoms with Crippen molar-refractivity contribution in [3.8, 4) is 0 Å². The maximum Gasteiger partial charge on any atom is 0.417 e. The Morgan fingerprint density at radius 1 is 1.26 bits per heavy atom. The number of hydrogen-bond acceptors (Lipinski definition) is 5. The topological polar surface area (TPSA) is 94.6 Å². The molecule has 1 aromatic heterocycles. The van der Waals surface area contributed by atoms with Gasteiger partial charge >= 0.3 is 12.1 Å². The number of piperidine rings is 1. The van der Waals surface area contributed by atoms with Crippen LogP contribution in [0.2, 0.25) is 0 Å². The van der Waals surface area contributed by atoms with Gasteiger partial charge in [0, 0.05) is 37.8 Å². The molecule has 7 nitrogen and oxygen atoms in total. The van der Waals surface area contributed by atoms with Crippen molar-refractivity contribution in [2.75, 3.05) is 24.5 Å². The van der Waals surface area contributed by atoms with Crippen LogP contribution in [0.4, 0.5) is 19.0 Å². The highest BCUT2D eigenvalue weighted by molar-refractivity contribution is 5.80. The van der Waals surface area contributed by atoms with Crippen molar-refractivity contribution in [3.05, 3.63) is 23.9 Å². The van der Waals surface area contributed by atoms with E-state index in [-0.39, 0.29) is 17.9 Å². The van der Waals surface area contributed by atoms with Crippen molar-refractivity contribution in [2.45, 2.75) is 37.5 Å². The number of nitrogens with one attached hydrogen (secondary N) is 2. The molecule has 0 spiro atoms. The lowest BCUT2D eigenvalue weighted by Crippen LogP contribution is -2.44. The highest BCUT2D eigenvalue weighted by atomic mass is 19.4. The fourth-order valence-electron chi connectivity index (χ4n) is 3.46. The smallest absolute Gasteiger partial charge is 0.417 e. The van der Waals surface area contributed by atoms with Gasteiger partial charge in [-0.15, -0.1) is 0 Å². The molecule has 3 heterocycles. The summed E-state index contributed by atoms with van der Waals surface area (Å²) in [6, 6.07) is 1.52. The summed E-state index contributed by atoms with van der Waals surface area (Å²) in [6.07, 6.45) is -2.10. The molecule has 2 aliphatic rings. The molecule has 0 radical (unpaired) electrons. The lowest BCUT2D eigenvalue weighted by molar-refractivity contribution is -0.139. The largest absolute Gasteiger partial charge is 0.480 e. The van der Waals surface area contributed by atoms with Gasteiger partial charge in [0.25, 0.3) is 0 Å². The van der Waals surface area contributed by atoms with E-state index in [0.717, 1.165) is 12.3 Å². The van der Waals surface area contributed by atoms with Gasteiger partial charge in [0.05, 0.1) is 5.56 Å². The van der Waals surface area contributed by atoms with Crippen molar-refractivity contribution in [3.63, 3.8) is 0 Å². The predicted molar refractivity (Wildman–Crippen MR) is 90.2 cm³/mol. The van der Waals surface area contributed by atoms with E-state index in [9.17, 15) is 22.8 Å². The van der Waals surface area contributed by atoms with Crippen LogP contribution in [0.15, 0.2) is 18.3 Å². The van der Waals surface area contributed by atoms with Gasteiger partial charge in [-0.25, -0.2) is 4.98 Å². The Balaban J connectivity index is 1.48. The maximum absolute atomic E-state index is 12.6. The fraction of sp³-hybridized carbons (Fsp3) is 0.588. The summed E-state index contributed by atoms with van der Waals surface area (Å²) in [5.41, 5.74) is -0.787. The van der Waals surface area contributed by atoms with Crippen LogP contribution >= 0.6 is 0 Å². The minimum absolute atomic E-state index is 0.104. The first kappa shape index (κ1) is 19.4. The Morgan fingerprint density at radius 3 is 2.48 bits per heavy atom. The molecule has 27 heavy (non-hydrogen) atoms. The van der Waals surface area contributed by atoms with E-state index in [4.69, 9.17) is 5.11 Å². The lowest BCUT2D eigenvalue weighted by Gasteiger charge is -2.32. The number of carbonyl (C=O) groups is 2.